The molecule has 0 atom stereocenters. The van der Waals surface area contributed by atoms with Gasteiger partial charge in [-0.3, -0.25) is 9.59 Å². The van der Waals surface area contributed by atoms with E-state index in [2.05, 4.69) is 4.98 Å². The Morgan fingerprint density at radius 1 is 1.38 bits per heavy atom. The summed E-state index contributed by atoms with van der Waals surface area (Å²) in [4.78, 5) is 29.2. The number of nitrogens with zero attached hydrogens (tertiary/aromatic N) is 2. The number of nitrogens with two attached hydrogens (primary N) is 1. The van der Waals surface area contributed by atoms with Crippen LogP contribution in [0.2, 0.25) is 0 Å². The maximum absolute atomic E-state index is 11.5. The molecule has 21 heavy (non-hydrogen) atoms. The number of piperidine rings is 1. The molecule has 0 spiro atoms. The fourth-order valence-electron chi connectivity index (χ4n) is 2.84. The molecule has 1 aromatic rings. The van der Waals surface area contributed by atoms with Crippen LogP contribution in [0.1, 0.15) is 42.2 Å². The second-order valence-corrected chi connectivity index (χ2v) is 5.65. The fourth-order valence-corrected chi connectivity index (χ4v) is 2.84. The van der Waals surface area contributed by atoms with Crippen LogP contribution in [0.15, 0.2) is 12.1 Å². The van der Waals surface area contributed by atoms with Crippen LogP contribution in [-0.2, 0) is 4.79 Å². The molecule has 6 heteroatoms. The van der Waals surface area contributed by atoms with Gasteiger partial charge in [0, 0.05) is 24.3 Å². The van der Waals surface area contributed by atoms with E-state index in [4.69, 9.17) is 5.73 Å². The molecule has 1 fully saturated rings. The number of rotatable bonds is 4. The number of carbonyl (C=O) groups is 2. The number of amides is 1. The lowest BCUT2D eigenvalue weighted by Crippen LogP contribution is -2.44. The lowest BCUT2D eigenvalue weighted by molar-refractivity contribution is -0.150. The highest BCUT2D eigenvalue weighted by atomic mass is 16.4. The molecule has 0 bridgehead atoms. The summed E-state index contributed by atoms with van der Waals surface area (Å²) in [5.74, 6) is -0.509. The Balaban J connectivity index is 2.19. The quantitative estimate of drug-likeness (QED) is 0.877. The number of anilines is 1. The molecule has 1 saturated heterocycles. The Kier molecular flexibility index (Phi) is 4.16. The average Bonchev–Trinajstić information content (AvgIpc) is 2.46. The molecule has 0 saturated carbocycles. The van der Waals surface area contributed by atoms with Gasteiger partial charge < -0.3 is 15.7 Å². The standard InChI is InChI=1S/C15H21N3O3/c1-3-15(14(20)21)4-6-18(7-5-15)12-9-11(13(16)19)8-10(2)17-12/h8-9H,3-7H2,1-2H3,(H2,16,19)(H,20,21). The smallest absolute Gasteiger partial charge is 0.309 e. The van der Waals surface area contributed by atoms with Crippen LogP contribution >= 0.6 is 0 Å². The molecule has 1 aliphatic rings. The highest BCUT2D eigenvalue weighted by molar-refractivity contribution is 5.93. The minimum Gasteiger partial charge on any atom is -0.481 e. The minimum atomic E-state index is -0.723. The van der Waals surface area contributed by atoms with E-state index in [0.29, 0.717) is 43.7 Å². The number of carbonyl (C=O) groups excluding carboxylic acids is 1. The number of aliphatic carboxylic acids is 1. The van der Waals surface area contributed by atoms with Crippen LogP contribution in [0, 0.1) is 12.3 Å². The zero-order valence-corrected chi connectivity index (χ0v) is 12.4. The van der Waals surface area contributed by atoms with Crippen LogP contribution in [0.25, 0.3) is 0 Å². The van der Waals surface area contributed by atoms with Gasteiger partial charge in [0.25, 0.3) is 0 Å². The first kappa shape index (κ1) is 15.3. The molecule has 0 aliphatic carbocycles. The molecule has 2 rings (SSSR count). The van der Waals surface area contributed by atoms with E-state index in [0.717, 1.165) is 5.69 Å². The first-order valence-corrected chi connectivity index (χ1v) is 7.15. The summed E-state index contributed by atoms with van der Waals surface area (Å²) in [5.41, 5.74) is 5.85. The summed E-state index contributed by atoms with van der Waals surface area (Å²) in [6.45, 7) is 4.97. The summed E-state index contributed by atoms with van der Waals surface area (Å²) < 4.78 is 0. The summed E-state index contributed by atoms with van der Waals surface area (Å²) >= 11 is 0. The van der Waals surface area contributed by atoms with Crippen molar-refractivity contribution in [1.82, 2.24) is 4.98 Å². The third kappa shape index (κ3) is 2.99. The second kappa shape index (κ2) is 5.71. The zero-order valence-electron chi connectivity index (χ0n) is 12.4. The molecule has 1 amide bonds. The van der Waals surface area contributed by atoms with Crippen molar-refractivity contribution in [1.29, 1.82) is 0 Å². The van der Waals surface area contributed by atoms with Gasteiger partial charge >= 0.3 is 5.97 Å². The second-order valence-electron chi connectivity index (χ2n) is 5.65. The Morgan fingerprint density at radius 2 is 2.00 bits per heavy atom. The first-order valence-electron chi connectivity index (χ1n) is 7.15. The number of primary amides is 1. The van der Waals surface area contributed by atoms with E-state index in [9.17, 15) is 14.7 Å². The van der Waals surface area contributed by atoms with E-state index in [1.54, 1.807) is 12.1 Å². The third-order valence-corrected chi connectivity index (χ3v) is 4.40. The van der Waals surface area contributed by atoms with Crippen molar-refractivity contribution in [2.24, 2.45) is 11.1 Å². The average molecular weight is 291 g/mol. The Bertz CT molecular complexity index is 563. The largest absolute Gasteiger partial charge is 0.481 e. The van der Waals surface area contributed by atoms with Crippen LogP contribution in [0.4, 0.5) is 5.82 Å². The van der Waals surface area contributed by atoms with Crippen LogP contribution in [-0.4, -0.2) is 35.1 Å². The minimum absolute atomic E-state index is 0.433. The number of hydrogen-bond acceptors (Lipinski definition) is 4. The molecule has 1 aromatic heterocycles. The normalized spacial score (nSPS) is 17.5. The Hall–Kier alpha value is -2.11. The van der Waals surface area contributed by atoms with Crippen molar-refractivity contribution in [2.75, 3.05) is 18.0 Å². The van der Waals surface area contributed by atoms with E-state index in [1.165, 1.54) is 0 Å². The molecular formula is C15H21N3O3. The van der Waals surface area contributed by atoms with Crippen LogP contribution < -0.4 is 10.6 Å². The molecular weight excluding hydrogens is 270 g/mol. The monoisotopic (exact) mass is 291 g/mol. The number of hydrogen-bond donors (Lipinski definition) is 2. The van der Waals surface area contributed by atoms with Gasteiger partial charge in [-0.1, -0.05) is 6.92 Å². The lowest BCUT2D eigenvalue weighted by Gasteiger charge is -2.39. The first-order chi connectivity index (χ1) is 9.88. The van der Waals surface area contributed by atoms with Crippen molar-refractivity contribution in [3.05, 3.63) is 23.4 Å². The van der Waals surface area contributed by atoms with Crippen molar-refractivity contribution in [2.45, 2.75) is 33.1 Å². The van der Waals surface area contributed by atoms with Crippen LogP contribution in [0.3, 0.4) is 0 Å². The molecule has 0 radical (unpaired) electrons. The van der Waals surface area contributed by atoms with Crippen molar-refractivity contribution in [3.8, 4) is 0 Å². The van der Waals surface area contributed by atoms with Gasteiger partial charge in [0.1, 0.15) is 5.82 Å². The van der Waals surface area contributed by atoms with Gasteiger partial charge in [0.2, 0.25) is 5.91 Å². The molecule has 2 heterocycles. The lowest BCUT2D eigenvalue weighted by atomic mass is 9.76. The number of pyridine rings is 1. The van der Waals surface area contributed by atoms with Gasteiger partial charge in [-0.2, -0.15) is 0 Å². The van der Waals surface area contributed by atoms with Crippen LogP contribution in [0.5, 0.6) is 0 Å². The van der Waals surface area contributed by atoms with E-state index < -0.39 is 17.3 Å². The summed E-state index contributed by atoms with van der Waals surface area (Å²) in [7, 11) is 0. The molecule has 6 nitrogen and oxygen atoms in total. The molecule has 114 valence electrons. The van der Waals surface area contributed by atoms with Crippen molar-refractivity contribution < 1.29 is 14.7 Å². The Labute approximate surface area is 124 Å². The fraction of sp³-hybridized carbons (Fsp3) is 0.533. The van der Waals surface area contributed by atoms with Crippen molar-refractivity contribution in [3.63, 3.8) is 0 Å². The topological polar surface area (TPSA) is 96.5 Å². The van der Waals surface area contributed by atoms with Gasteiger partial charge in [-0.05, 0) is 38.3 Å². The van der Waals surface area contributed by atoms with E-state index in [1.807, 2.05) is 18.7 Å². The highest BCUT2D eigenvalue weighted by Crippen LogP contribution is 2.36. The van der Waals surface area contributed by atoms with Gasteiger partial charge in [-0.15, -0.1) is 0 Å². The SMILES string of the molecule is CCC1(C(=O)O)CCN(c2cc(C(N)=O)cc(C)n2)CC1. The third-order valence-electron chi connectivity index (χ3n) is 4.40. The predicted octanol–water partition coefficient (Wildman–Crippen LogP) is 1.57. The van der Waals surface area contributed by atoms with E-state index in [-0.39, 0.29) is 0 Å². The maximum Gasteiger partial charge on any atom is 0.309 e. The number of aromatic nitrogens is 1. The van der Waals surface area contributed by atoms with Gasteiger partial charge in [-0.25, -0.2) is 4.98 Å². The number of carboxylic acids is 1. The summed E-state index contributed by atoms with van der Waals surface area (Å²) in [5, 5.41) is 9.41. The summed E-state index contributed by atoms with van der Waals surface area (Å²) in [6, 6.07) is 3.33. The molecule has 3 N–H and O–H groups in total. The maximum atomic E-state index is 11.5. The zero-order chi connectivity index (χ0) is 15.6. The van der Waals surface area contributed by atoms with Gasteiger partial charge in [0.15, 0.2) is 0 Å². The summed E-state index contributed by atoms with van der Waals surface area (Å²) in [6.07, 6.45) is 1.80. The van der Waals surface area contributed by atoms with E-state index >= 15 is 0 Å². The number of aryl methyl sites for hydroxylation is 1. The Morgan fingerprint density at radius 3 is 2.48 bits per heavy atom. The highest BCUT2D eigenvalue weighted by Gasteiger charge is 2.40. The predicted molar refractivity (Wildman–Crippen MR) is 79.3 cm³/mol. The van der Waals surface area contributed by atoms with Gasteiger partial charge in [0.05, 0.1) is 5.41 Å². The molecule has 1 aliphatic heterocycles. The van der Waals surface area contributed by atoms with Crippen molar-refractivity contribution >= 4 is 17.7 Å². The molecule has 0 unspecified atom stereocenters. The molecule has 0 aromatic carbocycles. The number of carboxylic acid groups (broad SMARTS) is 1.